The third-order valence-corrected chi connectivity index (χ3v) is 3.29. The normalized spacial score (nSPS) is 30.7. The average Bonchev–Trinajstić information content (AvgIpc) is 2.09. The fraction of sp³-hybridized carbons (Fsp3) is 0.800. The number of ether oxygens (including phenoxy) is 2. The quantitative estimate of drug-likeness (QED) is 0.571. The minimum absolute atomic E-state index is 0.0690. The Morgan fingerprint density at radius 2 is 1.73 bits per heavy atom. The molecule has 86 valence electrons. The van der Waals surface area contributed by atoms with Gasteiger partial charge in [-0.1, -0.05) is 15.9 Å². The van der Waals surface area contributed by atoms with Crippen molar-refractivity contribution < 1.29 is 19.1 Å². The molecule has 15 heavy (non-hydrogen) atoms. The second kappa shape index (κ2) is 5.49. The summed E-state index contributed by atoms with van der Waals surface area (Å²) in [5.74, 6) is -0.678. The highest BCUT2D eigenvalue weighted by atomic mass is 79.9. The fourth-order valence-corrected chi connectivity index (χ4v) is 2.53. The van der Waals surface area contributed by atoms with Gasteiger partial charge in [0.05, 0.1) is 4.83 Å². The Morgan fingerprint density at radius 1 is 1.13 bits per heavy atom. The van der Waals surface area contributed by atoms with Crippen LogP contribution in [0.1, 0.15) is 33.1 Å². The van der Waals surface area contributed by atoms with E-state index in [0.29, 0.717) is 0 Å². The van der Waals surface area contributed by atoms with Gasteiger partial charge in [-0.25, -0.2) is 0 Å². The summed E-state index contributed by atoms with van der Waals surface area (Å²) in [5.41, 5.74) is 0. The van der Waals surface area contributed by atoms with Crippen molar-refractivity contribution in [2.75, 3.05) is 0 Å². The second-order valence-electron chi connectivity index (χ2n) is 3.67. The van der Waals surface area contributed by atoms with Crippen LogP contribution in [-0.4, -0.2) is 29.0 Å². The molecule has 0 amide bonds. The Balaban J connectivity index is 2.63. The monoisotopic (exact) mass is 278 g/mol. The van der Waals surface area contributed by atoms with Crippen LogP contribution < -0.4 is 0 Å². The van der Waals surface area contributed by atoms with Crippen LogP contribution in [-0.2, 0) is 19.1 Å². The van der Waals surface area contributed by atoms with Crippen molar-refractivity contribution in [3.8, 4) is 0 Å². The summed E-state index contributed by atoms with van der Waals surface area (Å²) in [4.78, 5) is 21.8. The predicted molar refractivity (Wildman–Crippen MR) is 57.7 cm³/mol. The molecule has 3 atom stereocenters. The highest BCUT2D eigenvalue weighted by molar-refractivity contribution is 9.09. The van der Waals surface area contributed by atoms with Crippen LogP contribution in [0.2, 0.25) is 0 Å². The molecule has 0 unspecified atom stereocenters. The third-order valence-electron chi connectivity index (χ3n) is 2.31. The number of alkyl halides is 1. The van der Waals surface area contributed by atoms with Gasteiger partial charge in [-0.2, -0.15) is 0 Å². The lowest BCUT2D eigenvalue weighted by Gasteiger charge is -2.33. The Kier molecular flexibility index (Phi) is 4.57. The Hall–Kier alpha value is -0.580. The number of carbonyl (C=O) groups is 2. The SMILES string of the molecule is CC(=O)O[C@H]1[C@@H](OC(C)=O)CCC[C@@H]1Br. The first-order valence-corrected chi connectivity index (χ1v) is 5.90. The molecule has 0 aromatic heterocycles. The molecule has 4 nitrogen and oxygen atoms in total. The van der Waals surface area contributed by atoms with Gasteiger partial charge in [0.25, 0.3) is 0 Å². The van der Waals surface area contributed by atoms with E-state index in [9.17, 15) is 9.59 Å². The zero-order chi connectivity index (χ0) is 11.4. The maximum absolute atomic E-state index is 10.9. The number of rotatable bonds is 2. The molecule has 0 saturated heterocycles. The summed E-state index contributed by atoms with van der Waals surface area (Å²) in [6, 6.07) is 0. The zero-order valence-electron chi connectivity index (χ0n) is 8.86. The van der Waals surface area contributed by atoms with Crippen LogP contribution in [0.3, 0.4) is 0 Å². The van der Waals surface area contributed by atoms with Crippen molar-refractivity contribution in [1.29, 1.82) is 0 Å². The van der Waals surface area contributed by atoms with Crippen LogP contribution in [0.5, 0.6) is 0 Å². The molecule has 0 heterocycles. The molecule has 0 spiro atoms. The predicted octanol–water partition coefficient (Wildman–Crippen LogP) is 1.80. The Labute approximate surface area is 97.4 Å². The summed E-state index contributed by atoms with van der Waals surface area (Å²) >= 11 is 3.45. The number of hydrogen-bond acceptors (Lipinski definition) is 4. The summed E-state index contributed by atoms with van der Waals surface area (Å²) in [7, 11) is 0. The van der Waals surface area contributed by atoms with Crippen LogP contribution in [0.4, 0.5) is 0 Å². The molecule has 1 rings (SSSR count). The molecule has 0 radical (unpaired) electrons. The van der Waals surface area contributed by atoms with E-state index in [-0.39, 0.29) is 29.0 Å². The molecule has 1 fully saturated rings. The first-order chi connectivity index (χ1) is 7.00. The molecule has 0 N–H and O–H groups in total. The average molecular weight is 279 g/mol. The largest absolute Gasteiger partial charge is 0.459 e. The Bertz CT molecular complexity index is 254. The van der Waals surface area contributed by atoms with Crippen molar-refractivity contribution in [2.24, 2.45) is 0 Å². The van der Waals surface area contributed by atoms with E-state index in [2.05, 4.69) is 15.9 Å². The van der Waals surface area contributed by atoms with Gasteiger partial charge in [0.15, 0.2) is 6.10 Å². The van der Waals surface area contributed by atoms with E-state index < -0.39 is 0 Å². The van der Waals surface area contributed by atoms with E-state index in [1.807, 2.05) is 0 Å². The molecular formula is C10H15BrO4. The molecular weight excluding hydrogens is 264 g/mol. The van der Waals surface area contributed by atoms with E-state index >= 15 is 0 Å². The number of carbonyl (C=O) groups excluding carboxylic acids is 2. The number of hydrogen-bond donors (Lipinski definition) is 0. The molecule has 5 heteroatoms. The van der Waals surface area contributed by atoms with E-state index in [4.69, 9.17) is 9.47 Å². The van der Waals surface area contributed by atoms with Gasteiger partial charge < -0.3 is 9.47 Å². The lowest BCUT2D eigenvalue weighted by molar-refractivity contribution is -0.167. The van der Waals surface area contributed by atoms with Crippen LogP contribution in [0.15, 0.2) is 0 Å². The second-order valence-corrected chi connectivity index (χ2v) is 4.84. The van der Waals surface area contributed by atoms with Gasteiger partial charge in [-0.05, 0) is 19.3 Å². The van der Waals surface area contributed by atoms with Gasteiger partial charge in [0, 0.05) is 13.8 Å². The third kappa shape index (κ3) is 3.81. The minimum Gasteiger partial charge on any atom is -0.459 e. The molecule has 0 aliphatic heterocycles. The van der Waals surface area contributed by atoms with Crippen LogP contribution in [0.25, 0.3) is 0 Å². The summed E-state index contributed by atoms with van der Waals surface area (Å²) in [5, 5.41) is 0. The standard InChI is InChI=1S/C10H15BrO4/c1-6(12)14-9-5-3-4-8(11)10(9)15-7(2)13/h8-10H,3-5H2,1-2H3/t8-,9-,10+/m0/s1. The summed E-state index contributed by atoms with van der Waals surface area (Å²) < 4.78 is 10.3. The minimum atomic E-state index is -0.361. The van der Waals surface area contributed by atoms with Crippen LogP contribution in [0, 0.1) is 0 Å². The van der Waals surface area contributed by atoms with Gasteiger partial charge in [0.2, 0.25) is 0 Å². The van der Waals surface area contributed by atoms with E-state index in [0.717, 1.165) is 19.3 Å². The maximum atomic E-state index is 10.9. The number of esters is 2. The van der Waals surface area contributed by atoms with Gasteiger partial charge in [-0.3, -0.25) is 9.59 Å². The lowest BCUT2D eigenvalue weighted by Crippen LogP contribution is -2.43. The Morgan fingerprint density at radius 3 is 2.27 bits per heavy atom. The van der Waals surface area contributed by atoms with Gasteiger partial charge >= 0.3 is 11.9 Å². The van der Waals surface area contributed by atoms with Crippen molar-refractivity contribution in [1.82, 2.24) is 0 Å². The van der Waals surface area contributed by atoms with E-state index in [1.165, 1.54) is 13.8 Å². The molecule has 0 aromatic carbocycles. The summed E-state index contributed by atoms with van der Waals surface area (Å²) in [6.45, 7) is 2.72. The van der Waals surface area contributed by atoms with Crippen molar-refractivity contribution in [3.05, 3.63) is 0 Å². The highest BCUT2D eigenvalue weighted by Crippen LogP contribution is 2.29. The van der Waals surface area contributed by atoms with Gasteiger partial charge in [0.1, 0.15) is 6.10 Å². The lowest BCUT2D eigenvalue weighted by atomic mass is 9.94. The van der Waals surface area contributed by atoms with Crippen molar-refractivity contribution in [3.63, 3.8) is 0 Å². The fourth-order valence-electron chi connectivity index (χ4n) is 1.76. The van der Waals surface area contributed by atoms with Crippen molar-refractivity contribution in [2.45, 2.75) is 50.1 Å². The topological polar surface area (TPSA) is 52.6 Å². The maximum Gasteiger partial charge on any atom is 0.303 e. The van der Waals surface area contributed by atoms with Crippen LogP contribution >= 0.6 is 15.9 Å². The van der Waals surface area contributed by atoms with Gasteiger partial charge in [-0.15, -0.1) is 0 Å². The molecule has 1 aliphatic rings. The smallest absolute Gasteiger partial charge is 0.303 e. The first-order valence-electron chi connectivity index (χ1n) is 4.99. The molecule has 1 saturated carbocycles. The first kappa shape index (κ1) is 12.5. The molecule has 0 bridgehead atoms. The number of halogens is 1. The van der Waals surface area contributed by atoms with Crippen molar-refractivity contribution >= 4 is 27.9 Å². The zero-order valence-corrected chi connectivity index (χ0v) is 10.5. The highest BCUT2D eigenvalue weighted by Gasteiger charge is 2.36. The summed E-state index contributed by atoms with van der Waals surface area (Å²) in [6.07, 6.45) is 1.96. The van der Waals surface area contributed by atoms with E-state index in [1.54, 1.807) is 0 Å². The molecule has 1 aliphatic carbocycles. The molecule has 0 aromatic rings.